The number of hydrogen-bond donors (Lipinski definition) is 3. The van der Waals surface area contributed by atoms with Crippen molar-refractivity contribution < 1.29 is 9.94 Å². The first-order valence-electron chi connectivity index (χ1n) is 6.94. The summed E-state index contributed by atoms with van der Waals surface area (Å²) in [4.78, 5) is 0. The van der Waals surface area contributed by atoms with Crippen LogP contribution in [0.4, 0.5) is 0 Å². The zero-order chi connectivity index (χ0) is 14.6. The zero-order valence-corrected chi connectivity index (χ0v) is 12.1. The Morgan fingerprint density at radius 3 is 2.95 bits per heavy atom. The Labute approximate surface area is 119 Å². The van der Waals surface area contributed by atoms with E-state index in [1.165, 1.54) is 5.56 Å². The molecule has 20 heavy (non-hydrogen) atoms. The van der Waals surface area contributed by atoms with E-state index in [0.717, 1.165) is 43.7 Å². The van der Waals surface area contributed by atoms with Crippen molar-refractivity contribution in [1.82, 2.24) is 5.32 Å². The molecule has 0 saturated carbocycles. The molecule has 1 aromatic carbocycles. The highest BCUT2D eigenvalue weighted by Crippen LogP contribution is 2.20. The van der Waals surface area contributed by atoms with E-state index in [1.54, 1.807) is 0 Å². The largest absolute Gasteiger partial charge is 0.409 e. The van der Waals surface area contributed by atoms with Crippen molar-refractivity contribution in [2.75, 3.05) is 13.2 Å². The number of hydrogen-bond acceptors (Lipinski definition) is 4. The molecule has 1 unspecified atom stereocenters. The first-order valence-corrected chi connectivity index (χ1v) is 6.94. The highest BCUT2D eigenvalue weighted by atomic mass is 16.5. The highest BCUT2D eigenvalue weighted by molar-refractivity contribution is 5.97. The molecule has 1 aliphatic rings. The van der Waals surface area contributed by atoms with Crippen LogP contribution in [0.25, 0.3) is 0 Å². The average Bonchev–Trinajstić information content (AvgIpc) is 2.46. The van der Waals surface area contributed by atoms with Crippen LogP contribution in [0.5, 0.6) is 0 Å². The van der Waals surface area contributed by atoms with Crippen molar-refractivity contribution in [2.24, 2.45) is 10.9 Å². The van der Waals surface area contributed by atoms with Gasteiger partial charge in [-0.3, -0.25) is 0 Å². The Bertz CT molecular complexity index is 494. The molecule has 2 rings (SSSR count). The zero-order valence-electron chi connectivity index (χ0n) is 12.1. The Balaban J connectivity index is 2.03. The fourth-order valence-electron chi connectivity index (χ4n) is 2.49. The fourth-order valence-corrected chi connectivity index (χ4v) is 2.49. The van der Waals surface area contributed by atoms with Gasteiger partial charge in [0.25, 0.3) is 0 Å². The molecule has 5 heteroatoms. The lowest BCUT2D eigenvalue weighted by Gasteiger charge is -2.34. The van der Waals surface area contributed by atoms with Crippen LogP contribution < -0.4 is 11.1 Å². The molecule has 0 bridgehead atoms. The SMILES string of the molecule is Cc1cc(/C(N)=N/O)ccc1CNC1(C)CCCOC1. The number of nitrogens with one attached hydrogen (secondary N) is 1. The van der Waals surface area contributed by atoms with Gasteiger partial charge < -0.3 is 21.0 Å². The summed E-state index contributed by atoms with van der Waals surface area (Å²) in [7, 11) is 0. The second kappa shape index (κ2) is 6.24. The Morgan fingerprint density at radius 1 is 1.55 bits per heavy atom. The third kappa shape index (κ3) is 3.49. The van der Waals surface area contributed by atoms with Crippen LogP contribution >= 0.6 is 0 Å². The summed E-state index contributed by atoms with van der Waals surface area (Å²) >= 11 is 0. The van der Waals surface area contributed by atoms with Gasteiger partial charge in [-0.05, 0) is 43.9 Å². The van der Waals surface area contributed by atoms with E-state index in [-0.39, 0.29) is 11.4 Å². The molecule has 0 aliphatic carbocycles. The molecular formula is C15H23N3O2. The second-order valence-corrected chi connectivity index (χ2v) is 5.70. The van der Waals surface area contributed by atoms with Crippen molar-refractivity contribution in [1.29, 1.82) is 0 Å². The second-order valence-electron chi connectivity index (χ2n) is 5.70. The van der Waals surface area contributed by atoms with Crippen LogP contribution in [0.3, 0.4) is 0 Å². The number of nitrogens with two attached hydrogens (primary N) is 1. The first kappa shape index (κ1) is 14.8. The van der Waals surface area contributed by atoms with Crippen molar-refractivity contribution in [3.63, 3.8) is 0 Å². The third-order valence-electron chi connectivity index (χ3n) is 3.89. The van der Waals surface area contributed by atoms with E-state index in [4.69, 9.17) is 15.7 Å². The maximum absolute atomic E-state index is 8.69. The van der Waals surface area contributed by atoms with Crippen LogP contribution in [0.2, 0.25) is 0 Å². The van der Waals surface area contributed by atoms with Crippen molar-refractivity contribution in [3.8, 4) is 0 Å². The summed E-state index contributed by atoms with van der Waals surface area (Å²) in [6.45, 7) is 6.65. The highest BCUT2D eigenvalue weighted by Gasteiger charge is 2.26. The molecule has 1 saturated heterocycles. The van der Waals surface area contributed by atoms with Crippen LogP contribution in [0, 0.1) is 6.92 Å². The predicted molar refractivity (Wildman–Crippen MR) is 79.0 cm³/mol. The van der Waals surface area contributed by atoms with Crippen LogP contribution in [0.15, 0.2) is 23.4 Å². The van der Waals surface area contributed by atoms with E-state index in [2.05, 4.69) is 17.4 Å². The number of oxime groups is 1. The monoisotopic (exact) mass is 277 g/mol. The first-order chi connectivity index (χ1) is 9.54. The molecule has 1 aromatic rings. The molecule has 0 radical (unpaired) electrons. The maximum atomic E-state index is 8.69. The number of aryl methyl sites for hydroxylation is 1. The molecule has 1 fully saturated rings. The molecule has 1 heterocycles. The molecule has 110 valence electrons. The topological polar surface area (TPSA) is 79.9 Å². The van der Waals surface area contributed by atoms with Gasteiger partial charge >= 0.3 is 0 Å². The van der Waals surface area contributed by atoms with Gasteiger partial charge in [-0.2, -0.15) is 0 Å². The number of nitrogens with zero attached hydrogens (tertiary/aromatic N) is 1. The van der Waals surface area contributed by atoms with E-state index in [9.17, 15) is 0 Å². The lowest BCUT2D eigenvalue weighted by molar-refractivity contribution is 0.0277. The number of rotatable bonds is 4. The van der Waals surface area contributed by atoms with Gasteiger partial charge in [0.05, 0.1) is 6.61 Å². The van der Waals surface area contributed by atoms with E-state index < -0.39 is 0 Å². The van der Waals surface area contributed by atoms with Crippen molar-refractivity contribution in [2.45, 2.75) is 38.8 Å². The van der Waals surface area contributed by atoms with E-state index in [0.29, 0.717) is 0 Å². The van der Waals surface area contributed by atoms with Gasteiger partial charge in [-0.1, -0.05) is 17.3 Å². The third-order valence-corrected chi connectivity index (χ3v) is 3.89. The van der Waals surface area contributed by atoms with Crippen LogP contribution in [0.1, 0.15) is 36.5 Å². The lowest BCUT2D eigenvalue weighted by atomic mass is 9.94. The standard InChI is InChI=1S/C15H23N3O2/c1-11-8-12(14(16)18-19)4-5-13(11)9-17-15(2)6-3-7-20-10-15/h4-5,8,17,19H,3,6-7,9-10H2,1-2H3,(H2,16,18). The number of amidine groups is 1. The molecule has 0 spiro atoms. The predicted octanol–water partition coefficient (Wildman–Crippen LogP) is 1.75. The van der Waals surface area contributed by atoms with Crippen LogP contribution in [-0.2, 0) is 11.3 Å². The number of ether oxygens (including phenoxy) is 1. The Kier molecular flexibility index (Phi) is 4.62. The van der Waals surface area contributed by atoms with Crippen molar-refractivity contribution in [3.05, 3.63) is 34.9 Å². The molecule has 5 nitrogen and oxygen atoms in total. The van der Waals surface area contributed by atoms with Gasteiger partial charge in [0.1, 0.15) is 0 Å². The summed E-state index contributed by atoms with van der Waals surface area (Å²) in [5.41, 5.74) is 8.72. The average molecular weight is 277 g/mol. The summed E-state index contributed by atoms with van der Waals surface area (Å²) in [6.07, 6.45) is 2.24. The fraction of sp³-hybridized carbons (Fsp3) is 0.533. The van der Waals surface area contributed by atoms with Gasteiger partial charge in [0.15, 0.2) is 5.84 Å². The minimum absolute atomic E-state index is 0.0505. The quantitative estimate of drug-likeness (QED) is 0.339. The van der Waals surface area contributed by atoms with Gasteiger partial charge in [0, 0.05) is 24.3 Å². The summed E-state index contributed by atoms with van der Waals surface area (Å²) in [6, 6.07) is 5.83. The Hall–Kier alpha value is -1.59. The molecule has 0 amide bonds. The normalized spacial score (nSPS) is 23.8. The Morgan fingerprint density at radius 2 is 2.35 bits per heavy atom. The number of benzene rings is 1. The minimum atomic E-state index is 0.0505. The molecule has 0 aromatic heterocycles. The maximum Gasteiger partial charge on any atom is 0.170 e. The minimum Gasteiger partial charge on any atom is -0.409 e. The summed E-state index contributed by atoms with van der Waals surface area (Å²) in [5, 5.41) is 15.3. The van der Waals surface area contributed by atoms with Crippen LogP contribution in [-0.4, -0.2) is 29.8 Å². The van der Waals surface area contributed by atoms with Gasteiger partial charge in [-0.15, -0.1) is 0 Å². The smallest absolute Gasteiger partial charge is 0.170 e. The van der Waals surface area contributed by atoms with E-state index in [1.807, 2.05) is 25.1 Å². The summed E-state index contributed by atoms with van der Waals surface area (Å²) in [5.74, 6) is 0.139. The van der Waals surface area contributed by atoms with Crippen molar-refractivity contribution >= 4 is 5.84 Å². The molecule has 1 atom stereocenters. The van der Waals surface area contributed by atoms with Gasteiger partial charge in [-0.25, -0.2) is 0 Å². The van der Waals surface area contributed by atoms with Gasteiger partial charge in [0.2, 0.25) is 0 Å². The lowest BCUT2D eigenvalue weighted by Crippen LogP contribution is -2.48. The molecular weight excluding hydrogens is 254 g/mol. The molecule has 1 aliphatic heterocycles. The summed E-state index contributed by atoms with van der Waals surface area (Å²) < 4.78 is 5.55. The molecule has 4 N–H and O–H groups in total. The van der Waals surface area contributed by atoms with E-state index >= 15 is 0 Å².